The van der Waals surface area contributed by atoms with Gasteiger partial charge in [-0.15, -0.1) is 0 Å². The first kappa shape index (κ1) is 17.7. The highest BCUT2D eigenvalue weighted by molar-refractivity contribution is 6.12. The van der Waals surface area contributed by atoms with E-state index in [0.29, 0.717) is 16.8 Å². The van der Waals surface area contributed by atoms with Gasteiger partial charge in [-0.3, -0.25) is 14.9 Å². The van der Waals surface area contributed by atoms with E-state index in [1.807, 2.05) is 68.5 Å². The molecule has 28 heavy (non-hydrogen) atoms. The first-order chi connectivity index (χ1) is 13.5. The van der Waals surface area contributed by atoms with E-state index in [4.69, 9.17) is 5.73 Å². The smallest absolute Gasteiger partial charge is 0.193 e. The molecule has 2 aromatic heterocycles. The van der Waals surface area contributed by atoms with Crippen LogP contribution in [0.5, 0.6) is 0 Å². The Labute approximate surface area is 162 Å². The third-order valence-corrected chi connectivity index (χ3v) is 4.81. The zero-order chi connectivity index (χ0) is 19.7. The number of nitrogens with zero attached hydrogens (tertiary/aromatic N) is 2. The number of nitrogen functional groups attached to an aromatic ring is 1. The summed E-state index contributed by atoms with van der Waals surface area (Å²) in [5, 5.41) is 8.31. The quantitative estimate of drug-likeness (QED) is 0.408. The van der Waals surface area contributed by atoms with Crippen LogP contribution in [0.1, 0.15) is 38.4 Å². The lowest BCUT2D eigenvalue weighted by molar-refractivity contribution is 0.103. The number of anilines is 1. The lowest BCUT2D eigenvalue weighted by Crippen LogP contribution is -2.05. The SMILES string of the molecule is Cc1cc(C)c(C(=O)c2ccc3c(C=Cc4ccccn4)n[nH]c3c2)cc1N. The van der Waals surface area contributed by atoms with Crippen LogP contribution in [0.25, 0.3) is 23.1 Å². The number of pyridine rings is 1. The summed E-state index contributed by atoms with van der Waals surface area (Å²) in [6.45, 7) is 3.86. The molecule has 0 amide bonds. The predicted molar refractivity (Wildman–Crippen MR) is 113 cm³/mol. The summed E-state index contributed by atoms with van der Waals surface area (Å²) in [6, 6.07) is 15.0. The Morgan fingerprint density at radius 1 is 1.04 bits per heavy atom. The van der Waals surface area contributed by atoms with Crippen molar-refractivity contribution in [2.45, 2.75) is 13.8 Å². The topological polar surface area (TPSA) is 84.7 Å². The summed E-state index contributed by atoms with van der Waals surface area (Å²) >= 11 is 0. The molecule has 0 aliphatic rings. The third-order valence-electron chi connectivity index (χ3n) is 4.81. The molecule has 0 spiro atoms. The van der Waals surface area contributed by atoms with Crippen LogP contribution in [0.4, 0.5) is 5.69 Å². The number of carbonyl (C=O) groups excluding carboxylic acids is 1. The summed E-state index contributed by atoms with van der Waals surface area (Å²) in [5.41, 5.74) is 12.2. The molecule has 0 unspecified atom stereocenters. The van der Waals surface area contributed by atoms with Crippen LogP contribution in [-0.2, 0) is 0 Å². The highest BCUT2D eigenvalue weighted by atomic mass is 16.1. The van der Waals surface area contributed by atoms with E-state index < -0.39 is 0 Å². The number of hydrogen-bond donors (Lipinski definition) is 2. The van der Waals surface area contributed by atoms with E-state index in [2.05, 4.69) is 15.2 Å². The minimum Gasteiger partial charge on any atom is -0.398 e. The fourth-order valence-corrected chi connectivity index (χ4v) is 3.22. The van der Waals surface area contributed by atoms with Crippen molar-refractivity contribution in [3.05, 3.63) is 88.4 Å². The average molecular weight is 368 g/mol. The van der Waals surface area contributed by atoms with Crippen molar-refractivity contribution >= 4 is 34.5 Å². The molecule has 0 aliphatic heterocycles. The molecule has 2 aromatic carbocycles. The Hall–Kier alpha value is -3.73. The lowest BCUT2D eigenvalue weighted by Gasteiger charge is -2.09. The molecule has 0 saturated heterocycles. The van der Waals surface area contributed by atoms with Gasteiger partial charge in [0.05, 0.1) is 16.9 Å². The van der Waals surface area contributed by atoms with Crippen molar-refractivity contribution in [1.29, 1.82) is 0 Å². The predicted octanol–water partition coefficient (Wildman–Crippen LogP) is 4.56. The van der Waals surface area contributed by atoms with Gasteiger partial charge < -0.3 is 5.73 Å². The van der Waals surface area contributed by atoms with Crippen LogP contribution >= 0.6 is 0 Å². The van der Waals surface area contributed by atoms with Gasteiger partial charge in [0, 0.05) is 28.4 Å². The highest BCUT2D eigenvalue weighted by Crippen LogP contribution is 2.24. The Bertz CT molecular complexity index is 1210. The second kappa shape index (κ2) is 7.12. The molecule has 138 valence electrons. The van der Waals surface area contributed by atoms with Crippen molar-refractivity contribution in [2.24, 2.45) is 0 Å². The van der Waals surface area contributed by atoms with Crippen molar-refractivity contribution in [3.63, 3.8) is 0 Å². The summed E-state index contributed by atoms with van der Waals surface area (Å²) in [7, 11) is 0. The summed E-state index contributed by atoms with van der Waals surface area (Å²) in [5.74, 6) is -0.0497. The van der Waals surface area contributed by atoms with E-state index in [0.717, 1.165) is 33.4 Å². The van der Waals surface area contributed by atoms with E-state index in [-0.39, 0.29) is 5.78 Å². The minimum atomic E-state index is -0.0497. The highest BCUT2D eigenvalue weighted by Gasteiger charge is 2.15. The van der Waals surface area contributed by atoms with E-state index >= 15 is 0 Å². The van der Waals surface area contributed by atoms with Gasteiger partial charge in [0.1, 0.15) is 0 Å². The lowest BCUT2D eigenvalue weighted by atomic mass is 9.96. The van der Waals surface area contributed by atoms with E-state index in [1.54, 1.807) is 12.3 Å². The number of nitrogens with two attached hydrogens (primary N) is 1. The van der Waals surface area contributed by atoms with Crippen LogP contribution in [0.3, 0.4) is 0 Å². The standard InChI is InChI=1S/C23H20N4O/c1-14-11-15(2)20(24)13-19(14)23(28)16-6-8-18-21(26-27-22(18)12-16)9-7-17-5-3-4-10-25-17/h3-13H,24H2,1-2H3,(H,26,27). The van der Waals surface area contributed by atoms with E-state index in [9.17, 15) is 4.79 Å². The molecule has 4 aromatic rings. The molecule has 0 atom stereocenters. The molecule has 0 fully saturated rings. The monoisotopic (exact) mass is 368 g/mol. The van der Waals surface area contributed by atoms with Gasteiger partial charge in [0.15, 0.2) is 5.78 Å². The van der Waals surface area contributed by atoms with Crippen LogP contribution in [0.15, 0.2) is 54.7 Å². The summed E-state index contributed by atoms with van der Waals surface area (Å²) < 4.78 is 0. The average Bonchev–Trinajstić information content (AvgIpc) is 3.11. The maximum absolute atomic E-state index is 13.0. The number of aromatic amines is 1. The largest absolute Gasteiger partial charge is 0.398 e. The van der Waals surface area contributed by atoms with Gasteiger partial charge >= 0.3 is 0 Å². The van der Waals surface area contributed by atoms with Gasteiger partial charge in [0.25, 0.3) is 0 Å². The molecular weight excluding hydrogens is 348 g/mol. The number of carbonyl (C=O) groups is 1. The number of aromatic nitrogens is 3. The second-order valence-corrected chi connectivity index (χ2v) is 6.81. The van der Waals surface area contributed by atoms with Crippen molar-refractivity contribution in [2.75, 3.05) is 5.73 Å². The fourth-order valence-electron chi connectivity index (χ4n) is 3.22. The van der Waals surface area contributed by atoms with Gasteiger partial charge in [-0.25, -0.2) is 0 Å². The van der Waals surface area contributed by atoms with E-state index in [1.165, 1.54) is 0 Å². The number of hydrogen-bond acceptors (Lipinski definition) is 4. The molecular formula is C23H20N4O. The number of benzene rings is 2. The third kappa shape index (κ3) is 3.30. The molecule has 0 radical (unpaired) electrons. The molecule has 0 bridgehead atoms. The Kier molecular flexibility index (Phi) is 4.49. The number of ketones is 1. The Morgan fingerprint density at radius 3 is 2.68 bits per heavy atom. The first-order valence-corrected chi connectivity index (χ1v) is 9.01. The van der Waals surface area contributed by atoms with Crippen molar-refractivity contribution in [3.8, 4) is 0 Å². The molecule has 4 rings (SSSR count). The molecule has 3 N–H and O–H groups in total. The first-order valence-electron chi connectivity index (χ1n) is 9.01. The van der Waals surface area contributed by atoms with Crippen LogP contribution < -0.4 is 5.73 Å². The van der Waals surface area contributed by atoms with Gasteiger partial charge in [-0.2, -0.15) is 5.10 Å². The zero-order valence-corrected chi connectivity index (χ0v) is 15.7. The van der Waals surface area contributed by atoms with Crippen LogP contribution in [0.2, 0.25) is 0 Å². The van der Waals surface area contributed by atoms with Crippen molar-refractivity contribution < 1.29 is 4.79 Å². The Morgan fingerprint density at radius 2 is 1.89 bits per heavy atom. The summed E-state index contributed by atoms with van der Waals surface area (Å²) in [6.07, 6.45) is 5.57. The van der Waals surface area contributed by atoms with Crippen molar-refractivity contribution in [1.82, 2.24) is 15.2 Å². The van der Waals surface area contributed by atoms with Gasteiger partial charge in [-0.05, 0) is 67.5 Å². The molecule has 0 saturated carbocycles. The zero-order valence-electron chi connectivity index (χ0n) is 15.7. The fraction of sp³-hybridized carbons (Fsp3) is 0.0870. The Balaban J connectivity index is 1.67. The molecule has 5 heteroatoms. The molecule has 2 heterocycles. The number of fused-ring (bicyclic) bond motifs is 1. The minimum absolute atomic E-state index is 0.0497. The number of rotatable bonds is 4. The normalized spacial score (nSPS) is 11.4. The number of nitrogens with one attached hydrogen (secondary N) is 1. The van der Waals surface area contributed by atoms with Gasteiger partial charge in [-0.1, -0.05) is 18.2 Å². The molecule has 0 aliphatic carbocycles. The maximum atomic E-state index is 13.0. The number of H-pyrrole nitrogens is 1. The van der Waals surface area contributed by atoms with Crippen LogP contribution in [0, 0.1) is 13.8 Å². The maximum Gasteiger partial charge on any atom is 0.193 e. The second-order valence-electron chi connectivity index (χ2n) is 6.81. The summed E-state index contributed by atoms with van der Waals surface area (Å²) in [4.78, 5) is 17.3. The number of aryl methyl sites for hydroxylation is 2. The molecule has 5 nitrogen and oxygen atoms in total. The van der Waals surface area contributed by atoms with Crippen LogP contribution in [-0.4, -0.2) is 21.0 Å². The van der Waals surface area contributed by atoms with Gasteiger partial charge in [0.2, 0.25) is 0 Å².